The van der Waals surface area contributed by atoms with E-state index in [0.29, 0.717) is 5.69 Å². The van der Waals surface area contributed by atoms with E-state index in [1.54, 1.807) is 12.1 Å². The molecule has 3 N–H and O–H groups in total. The van der Waals surface area contributed by atoms with Crippen LogP contribution in [0.5, 0.6) is 0 Å². The van der Waals surface area contributed by atoms with Gasteiger partial charge in [0.2, 0.25) is 0 Å². The number of carbonyl (C=O) groups excluding carboxylic acids is 1. The number of nitro benzene ring substituents is 1. The highest BCUT2D eigenvalue weighted by molar-refractivity contribution is 5.89. The number of anilines is 2. The number of hydrogen-bond acceptors (Lipinski definition) is 5. The summed E-state index contributed by atoms with van der Waals surface area (Å²) in [6.45, 7) is 1.64. The Labute approximate surface area is 207 Å². The fraction of sp³-hybridized carbons (Fsp3) is 0.480. The molecule has 1 aliphatic carbocycles. The molecule has 2 amide bonds. The normalized spacial score (nSPS) is 22.6. The van der Waals surface area contributed by atoms with Crippen molar-refractivity contribution in [2.45, 2.75) is 62.8 Å². The second-order valence-electron chi connectivity index (χ2n) is 9.40. The van der Waals surface area contributed by atoms with Gasteiger partial charge < -0.3 is 20.9 Å². The summed E-state index contributed by atoms with van der Waals surface area (Å²) in [6.07, 6.45) is 1.32. The number of nitro groups is 1. The number of piperidine rings is 1. The van der Waals surface area contributed by atoms with Gasteiger partial charge in [-0.15, -0.1) is 0 Å². The van der Waals surface area contributed by atoms with Crippen molar-refractivity contribution >= 4 is 23.1 Å². The minimum atomic E-state index is -4.42. The molecule has 3 atom stereocenters. The van der Waals surface area contributed by atoms with Crippen molar-refractivity contribution in [3.8, 4) is 0 Å². The third kappa shape index (κ3) is 6.66. The van der Waals surface area contributed by atoms with Gasteiger partial charge >= 0.3 is 12.2 Å². The molecule has 0 spiro atoms. The molecular formula is C25H30F3N5O3. The summed E-state index contributed by atoms with van der Waals surface area (Å²) >= 11 is 0. The maximum absolute atomic E-state index is 12.8. The summed E-state index contributed by atoms with van der Waals surface area (Å²) in [5.74, 6) is 0. The van der Waals surface area contributed by atoms with Gasteiger partial charge in [-0.2, -0.15) is 13.2 Å². The van der Waals surface area contributed by atoms with Crippen LogP contribution in [0.3, 0.4) is 0 Å². The number of nitrogens with zero attached hydrogens (tertiary/aromatic N) is 2. The van der Waals surface area contributed by atoms with Crippen LogP contribution < -0.4 is 20.9 Å². The topological polar surface area (TPSA) is 99.5 Å². The van der Waals surface area contributed by atoms with Crippen molar-refractivity contribution in [2.24, 2.45) is 0 Å². The lowest BCUT2D eigenvalue weighted by molar-refractivity contribution is -0.384. The van der Waals surface area contributed by atoms with Crippen molar-refractivity contribution in [1.29, 1.82) is 0 Å². The predicted octanol–water partition coefficient (Wildman–Crippen LogP) is 5.30. The summed E-state index contributed by atoms with van der Waals surface area (Å²) in [5, 5.41) is 20.3. The summed E-state index contributed by atoms with van der Waals surface area (Å²) < 4.78 is 38.3. The Morgan fingerprint density at radius 3 is 2.25 bits per heavy atom. The van der Waals surface area contributed by atoms with Crippen LogP contribution in [0.2, 0.25) is 0 Å². The number of halogens is 3. The number of carbonyl (C=O) groups is 1. The number of rotatable bonds is 6. The minimum absolute atomic E-state index is 0.0659. The van der Waals surface area contributed by atoms with Gasteiger partial charge in [-0.25, -0.2) is 4.79 Å². The van der Waals surface area contributed by atoms with Crippen molar-refractivity contribution in [2.75, 3.05) is 23.3 Å². The molecule has 4 rings (SSSR count). The van der Waals surface area contributed by atoms with Gasteiger partial charge in [-0.1, -0.05) is 12.8 Å². The molecule has 0 radical (unpaired) electrons. The summed E-state index contributed by atoms with van der Waals surface area (Å²) in [7, 11) is 0. The molecule has 1 saturated carbocycles. The molecule has 0 bridgehead atoms. The van der Waals surface area contributed by atoms with Gasteiger partial charge in [0, 0.05) is 54.7 Å². The molecule has 8 nitrogen and oxygen atoms in total. The van der Waals surface area contributed by atoms with E-state index < -0.39 is 22.7 Å². The number of benzene rings is 2. The lowest BCUT2D eigenvalue weighted by Gasteiger charge is -2.40. The summed E-state index contributed by atoms with van der Waals surface area (Å²) in [6, 6.07) is 10.7. The molecule has 1 saturated heterocycles. The molecular weight excluding hydrogens is 475 g/mol. The smallest absolute Gasteiger partial charge is 0.370 e. The van der Waals surface area contributed by atoms with E-state index in [0.717, 1.165) is 69.4 Å². The third-order valence-electron chi connectivity index (χ3n) is 6.85. The minimum Gasteiger partial charge on any atom is -0.370 e. The van der Waals surface area contributed by atoms with Crippen LogP contribution >= 0.6 is 0 Å². The first-order valence-electron chi connectivity index (χ1n) is 12.2. The Kier molecular flexibility index (Phi) is 7.97. The molecule has 11 heteroatoms. The quantitative estimate of drug-likeness (QED) is 0.365. The van der Waals surface area contributed by atoms with Gasteiger partial charge in [0.05, 0.1) is 10.5 Å². The Hall–Kier alpha value is -3.34. The van der Waals surface area contributed by atoms with Gasteiger partial charge in [0.15, 0.2) is 0 Å². The highest BCUT2D eigenvalue weighted by Crippen LogP contribution is 2.30. The number of nitrogens with one attached hydrogen (secondary N) is 3. The van der Waals surface area contributed by atoms with Crippen LogP contribution in [0.1, 0.15) is 44.1 Å². The molecule has 1 unspecified atom stereocenters. The summed E-state index contributed by atoms with van der Waals surface area (Å²) in [4.78, 5) is 25.3. The van der Waals surface area contributed by atoms with E-state index in [1.165, 1.54) is 24.3 Å². The fourth-order valence-corrected chi connectivity index (χ4v) is 5.02. The van der Waals surface area contributed by atoms with Gasteiger partial charge in [-0.05, 0) is 62.1 Å². The van der Waals surface area contributed by atoms with Crippen molar-refractivity contribution in [3.63, 3.8) is 0 Å². The molecule has 0 aromatic heterocycles. The zero-order valence-corrected chi connectivity index (χ0v) is 19.8. The average Bonchev–Trinajstić information content (AvgIpc) is 2.85. The first-order valence-corrected chi connectivity index (χ1v) is 12.2. The maximum atomic E-state index is 12.8. The van der Waals surface area contributed by atoms with Crippen molar-refractivity contribution in [3.05, 3.63) is 64.2 Å². The molecule has 2 aromatic carbocycles. The van der Waals surface area contributed by atoms with Crippen LogP contribution in [0.25, 0.3) is 0 Å². The van der Waals surface area contributed by atoms with Crippen molar-refractivity contribution in [1.82, 2.24) is 10.6 Å². The number of urea groups is 1. The molecule has 1 aliphatic heterocycles. The summed E-state index contributed by atoms with van der Waals surface area (Å²) in [5.41, 5.74) is 0.546. The molecule has 36 heavy (non-hydrogen) atoms. The number of alkyl halides is 3. The highest BCUT2D eigenvalue weighted by atomic mass is 19.4. The number of hydrogen-bond donors (Lipinski definition) is 3. The van der Waals surface area contributed by atoms with Crippen LogP contribution in [-0.4, -0.2) is 42.2 Å². The third-order valence-corrected chi connectivity index (χ3v) is 6.85. The van der Waals surface area contributed by atoms with Crippen LogP contribution in [0, 0.1) is 10.1 Å². The molecule has 2 aromatic rings. The molecule has 194 valence electrons. The van der Waals surface area contributed by atoms with E-state index in [2.05, 4.69) is 20.9 Å². The van der Waals surface area contributed by atoms with Crippen molar-refractivity contribution < 1.29 is 22.9 Å². The monoisotopic (exact) mass is 505 g/mol. The standard InChI is InChI=1S/C25H30F3N5O3/c26-25(27,28)17-7-9-18(10-8-17)30-24(34)31-23-6-2-1-5-22(23)29-19-4-3-15-32(16-19)20-11-13-21(14-12-20)33(35)36/h7-14,19,22-23,29H,1-6,15-16H2,(H2,30,31,34)/t19?,22-,23-/m1/s1. The zero-order valence-electron chi connectivity index (χ0n) is 19.8. The second kappa shape index (κ2) is 11.2. The highest BCUT2D eigenvalue weighted by Gasteiger charge is 2.31. The second-order valence-corrected chi connectivity index (χ2v) is 9.40. The Morgan fingerprint density at radius 1 is 0.944 bits per heavy atom. The van der Waals surface area contributed by atoms with E-state index >= 15 is 0 Å². The largest absolute Gasteiger partial charge is 0.416 e. The molecule has 2 aliphatic rings. The van der Waals surface area contributed by atoms with E-state index in [9.17, 15) is 28.1 Å². The van der Waals surface area contributed by atoms with Crippen LogP contribution in [0.15, 0.2) is 48.5 Å². The number of non-ortho nitro benzene ring substituents is 1. The first-order chi connectivity index (χ1) is 17.2. The lowest BCUT2D eigenvalue weighted by atomic mass is 9.89. The Balaban J connectivity index is 1.32. The van der Waals surface area contributed by atoms with E-state index in [-0.39, 0.29) is 23.8 Å². The maximum Gasteiger partial charge on any atom is 0.416 e. The average molecular weight is 506 g/mol. The van der Waals surface area contributed by atoms with Crippen LogP contribution in [0.4, 0.5) is 35.0 Å². The number of amides is 2. The van der Waals surface area contributed by atoms with E-state index in [4.69, 9.17) is 0 Å². The lowest BCUT2D eigenvalue weighted by Crippen LogP contribution is -2.57. The van der Waals surface area contributed by atoms with Gasteiger partial charge in [0.25, 0.3) is 5.69 Å². The predicted molar refractivity (Wildman–Crippen MR) is 131 cm³/mol. The van der Waals surface area contributed by atoms with Gasteiger partial charge in [0.1, 0.15) is 0 Å². The molecule has 2 fully saturated rings. The van der Waals surface area contributed by atoms with Crippen LogP contribution in [-0.2, 0) is 6.18 Å². The SMILES string of the molecule is O=C(Nc1ccc(C(F)(F)F)cc1)N[C@@H]1CCCC[C@H]1NC1CCCN(c2ccc([N+](=O)[O-])cc2)C1. The Bertz CT molecular complexity index is 1050. The van der Waals surface area contributed by atoms with E-state index in [1.807, 2.05) is 0 Å². The van der Waals surface area contributed by atoms with Gasteiger partial charge in [-0.3, -0.25) is 10.1 Å². The Morgan fingerprint density at radius 2 is 1.61 bits per heavy atom. The molecule has 1 heterocycles. The first kappa shape index (κ1) is 25.7. The zero-order chi connectivity index (χ0) is 25.7. The fourth-order valence-electron chi connectivity index (χ4n) is 5.02.